The van der Waals surface area contributed by atoms with Crippen molar-refractivity contribution in [3.63, 3.8) is 0 Å². The summed E-state index contributed by atoms with van der Waals surface area (Å²) in [4.78, 5) is 4.61. The van der Waals surface area contributed by atoms with Crippen LogP contribution in [-0.4, -0.2) is 27.2 Å². The Morgan fingerprint density at radius 3 is 2.76 bits per heavy atom. The molecule has 0 spiro atoms. The van der Waals surface area contributed by atoms with Crippen LogP contribution in [0.2, 0.25) is 0 Å². The van der Waals surface area contributed by atoms with Crippen LogP contribution in [0.3, 0.4) is 0 Å². The van der Waals surface area contributed by atoms with Gasteiger partial charge in [0.1, 0.15) is 11.7 Å². The molecule has 5 nitrogen and oxygen atoms in total. The van der Waals surface area contributed by atoms with E-state index in [2.05, 4.69) is 4.98 Å². The summed E-state index contributed by atoms with van der Waals surface area (Å²) in [6.07, 6.45) is 2.54. The fraction of sp³-hybridized carbons (Fsp3) is 0.350. The highest BCUT2D eigenvalue weighted by atomic mass is 16.5. The van der Waals surface area contributed by atoms with E-state index in [9.17, 15) is 5.11 Å². The number of fused-ring (bicyclic) bond motifs is 3. The summed E-state index contributed by atoms with van der Waals surface area (Å²) >= 11 is 0. The quantitative estimate of drug-likeness (QED) is 0.795. The highest BCUT2D eigenvalue weighted by Crippen LogP contribution is 2.48. The van der Waals surface area contributed by atoms with Crippen molar-refractivity contribution in [2.24, 2.45) is 0 Å². The lowest BCUT2D eigenvalue weighted by molar-refractivity contribution is -0.163. The number of benzene rings is 1. The fourth-order valence-electron chi connectivity index (χ4n) is 3.65. The molecule has 1 N–H and O–H groups in total. The number of ether oxygens (including phenoxy) is 2. The lowest BCUT2D eigenvalue weighted by Crippen LogP contribution is -2.48. The third-order valence-corrected chi connectivity index (χ3v) is 4.91. The molecule has 130 valence electrons. The normalized spacial score (nSPS) is 25.6. The Labute approximate surface area is 146 Å². The van der Waals surface area contributed by atoms with Crippen molar-refractivity contribution in [3.8, 4) is 5.75 Å². The number of nitrogens with zero attached hydrogens (tertiary/aromatic N) is 2. The molecular formula is C20H22N2O3. The van der Waals surface area contributed by atoms with Crippen molar-refractivity contribution < 1.29 is 14.6 Å². The Hall–Kier alpha value is -2.37. The van der Waals surface area contributed by atoms with Crippen LogP contribution in [0.4, 0.5) is 0 Å². The molecule has 3 aromatic rings. The second-order valence-electron chi connectivity index (χ2n) is 6.61. The van der Waals surface area contributed by atoms with E-state index < -0.39 is 17.8 Å². The second-order valence-corrected chi connectivity index (χ2v) is 6.61. The lowest BCUT2D eigenvalue weighted by Gasteiger charge is -2.43. The molecule has 1 aliphatic rings. The summed E-state index contributed by atoms with van der Waals surface area (Å²) in [6.45, 7) is 6.30. The highest BCUT2D eigenvalue weighted by molar-refractivity contribution is 5.62. The minimum Gasteiger partial charge on any atom is -0.479 e. The number of pyridine rings is 1. The molecule has 2 aromatic heterocycles. The van der Waals surface area contributed by atoms with Crippen LogP contribution < -0.4 is 4.74 Å². The molecule has 0 radical (unpaired) electrons. The molecule has 0 aliphatic carbocycles. The van der Waals surface area contributed by atoms with Crippen molar-refractivity contribution in [1.29, 1.82) is 0 Å². The third-order valence-electron chi connectivity index (χ3n) is 4.91. The van der Waals surface area contributed by atoms with Crippen LogP contribution in [0.15, 0.2) is 48.8 Å². The SMILES string of the molecule is CCOC1(C)c2ccn3cc(C)nc3c2O[C@H](c2ccccc2)C1O. The number of aliphatic hydroxyl groups is 1. The zero-order valence-electron chi connectivity index (χ0n) is 14.6. The van der Waals surface area contributed by atoms with Crippen molar-refractivity contribution >= 4 is 5.65 Å². The van der Waals surface area contributed by atoms with E-state index in [4.69, 9.17) is 9.47 Å². The molecule has 0 fully saturated rings. The van der Waals surface area contributed by atoms with E-state index in [-0.39, 0.29) is 0 Å². The number of aryl methyl sites for hydroxylation is 1. The molecule has 0 saturated heterocycles. The maximum absolute atomic E-state index is 11.1. The molecule has 0 saturated carbocycles. The van der Waals surface area contributed by atoms with Gasteiger partial charge in [0.25, 0.3) is 0 Å². The van der Waals surface area contributed by atoms with Gasteiger partial charge in [-0.15, -0.1) is 0 Å². The van der Waals surface area contributed by atoms with Gasteiger partial charge in [0, 0.05) is 24.6 Å². The molecule has 25 heavy (non-hydrogen) atoms. The zero-order chi connectivity index (χ0) is 17.6. The first kappa shape index (κ1) is 16.1. The molecule has 4 rings (SSSR count). The van der Waals surface area contributed by atoms with Crippen LogP contribution in [0.25, 0.3) is 5.65 Å². The first-order valence-corrected chi connectivity index (χ1v) is 8.57. The predicted octanol–water partition coefficient (Wildman–Crippen LogP) is 3.39. The number of rotatable bonds is 3. The molecule has 1 aliphatic heterocycles. The minimum atomic E-state index is -0.871. The van der Waals surface area contributed by atoms with Crippen molar-refractivity contribution in [3.05, 3.63) is 65.6 Å². The predicted molar refractivity (Wildman–Crippen MR) is 94.7 cm³/mol. The number of aromatic nitrogens is 2. The van der Waals surface area contributed by atoms with E-state index in [0.717, 1.165) is 22.5 Å². The standard InChI is InChI=1S/C20H22N2O3/c1-4-24-20(3)15-10-11-22-12-13(2)21-19(22)17(15)25-16(18(20)23)14-8-6-5-7-9-14/h5-12,16,18,23H,4H2,1-3H3/t16-,18?,20?/m1/s1. The number of hydrogen-bond donors (Lipinski definition) is 1. The summed E-state index contributed by atoms with van der Waals surface area (Å²) in [5, 5.41) is 11.1. The average molecular weight is 338 g/mol. The van der Waals surface area contributed by atoms with Gasteiger partial charge in [-0.25, -0.2) is 4.98 Å². The van der Waals surface area contributed by atoms with Gasteiger partial charge < -0.3 is 19.0 Å². The molecule has 3 heterocycles. The van der Waals surface area contributed by atoms with Crippen LogP contribution in [0.5, 0.6) is 5.75 Å². The summed E-state index contributed by atoms with van der Waals surface area (Å²) in [7, 11) is 0. The Morgan fingerprint density at radius 1 is 1.28 bits per heavy atom. The Balaban J connectivity index is 1.94. The minimum absolute atomic E-state index is 0.493. The third kappa shape index (κ3) is 2.42. The van der Waals surface area contributed by atoms with Crippen LogP contribution >= 0.6 is 0 Å². The number of imidazole rings is 1. The molecule has 0 bridgehead atoms. The van der Waals surface area contributed by atoms with Gasteiger partial charge in [0.2, 0.25) is 0 Å². The summed E-state index contributed by atoms with van der Waals surface area (Å²) < 4.78 is 14.3. The summed E-state index contributed by atoms with van der Waals surface area (Å²) in [5.74, 6) is 0.672. The van der Waals surface area contributed by atoms with Crippen molar-refractivity contribution in [2.45, 2.75) is 38.6 Å². The van der Waals surface area contributed by atoms with Crippen molar-refractivity contribution in [2.75, 3.05) is 6.61 Å². The van der Waals surface area contributed by atoms with Gasteiger partial charge in [-0.2, -0.15) is 0 Å². The van der Waals surface area contributed by atoms with Crippen LogP contribution in [0.1, 0.15) is 36.8 Å². The number of aliphatic hydroxyl groups excluding tert-OH is 1. The van der Waals surface area contributed by atoms with Gasteiger partial charge in [-0.3, -0.25) is 0 Å². The summed E-state index contributed by atoms with van der Waals surface area (Å²) in [6, 6.07) is 11.7. The maximum atomic E-state index is 11.1. The molecule has 2 unspecified atom stereocenters. The molecule has 1 aromatic carbocycles. The lowest BCUT2D eigenvalue weighted by atomic mass is 9.82. The largest absolute Gasteiger partial charge is 0.479 e. The van der Waals surface area contributed by atoms with E-state index in [1.165, 1.54) is 0 Å². The van der Waals surface area contributed by atoms with E-state index in [0.29, 0.717) is 12.4 Å². The van der Waals surface area contributed by atoms with Gasteiger partial charge in [-0.05, 0) is 32.4 Å². The van der Waals surface area contributed by atoms with Gasteiger partial charge in [-0.1, -0.05) is 30.3 Å². The van der Waals surface area contributed by atoms with E-state index >= 15 is 0 Å². The second kappa shape index (κ2) is 5.86. The molecule has 5 heteroatoms. The fourth-order valence-corrected chi connectivity index (χ4v) is 3.65. The maximum Gasteiger partial charge on any atom is 0.180 e. The molecule has 3 atom stereocenters. The van der Waals surface area contributed by atoms with Crippen LogP contribution in [-0.2, 0) is 10.3 Å². The monoisotopic (exact) mass is 338 g/mol. The average Bonchev–Trinajstić information content (AvgIpc) is 2.99. The van der Waals surface area contributed by atoms with Gasteiger partial charge in [0.05, 0.1) is 5.69 Å². The Morgan fingerprint density at radius 2 is 2.04 bits per heavy atom. The van der Waals surface area contributed by atoms with E-state index in [1.54, 1.807) is 0 Å². The first-order chi connectivity index (χ1) is 12.0. The number of hydrogen-bond acceptors (Lipinski definition) is 4. The Kier molecular flexibility index (Phi) is 3.78. The van der Waals surface area contributed by atoms with Crippen molar-refractivity contribution in [1.82, 2.24) is 9.38 Å². The topological polar surface area (TPSA) is 56.0 Å². The van der Waals surface area contributed by atoms with E-state index in [1.807, 2.05) is 74.0 Å². The molecule has 0 amide bonds. The zero-order valence-corrected chi connectivity index (χ0v) is 14.6. The summed E-state index contributed by atoms with van der Waals surface area (Å²) in [5.41, 5.74) is 2.53. The van der Waals surface area contributed by atoms with Crippen LogP contribution in [0, 0.1) is 6.92 Å². The molecular weight excluding hydrogens is 316 g/mol. The van der Waals surface area contributed by atoms with Gasteiger partial charge >= 0.3 is 0 Å². The Bertz CT molecular complexity index is 906. The van der Waals surface area contributed by atoms with Gasteiger partial charge in [0.15, 0.2) is 17.5 Å². The smallest absolute Gasteiger partial charge is 0.180 e. The first-order valence-electron chi connectivity index (χ1n) is 8.57. The highest BCUT2D eigenvalue weighted by Gasteiger charge is 2.48.